The second-order valence-corrected chi connectivity index (χ2v) is 6.50. The summed E-state index contributed by atoms with van der Waals surface area (Å²) in [5.41, 5.74) is 9.30. The number of nitrogens with two attached hydrogens (primary N) is 1. The van der Waals surface area contributed by atoms with Crippen LogP contribution in [0.1, 0.15) is 26.3 Å². The Labute approximate surface area is 136 Å². The Hall–Kier alpha value is -2.50. The number of anilines is 1. The molecule has 23 heavy (non-hydrogen) atoms. The van der Waals surface area contributed by atoms with Crippen molar-refractivity contribution in [2.45, 2.75) is 39.8 Å². The minimum absolute atomic E-state index is 0.420. The van der Waals surface area contributed by atoms with Crippen molar-refractivity contribution in [1.29, 1.82) is 0 Å². The van der Waals surface area contributed by atoms with Crippen LogP contribution >= 0.6 is 0 Å². The number of alkyl carbamates (subject to hydrolysis) is 1. The summed E-state index contributed by atoms with van der Waals surface area (Å²) < 4.78 is 6.97. The quantitative estimate of drug-likeness (QED) is 0.850. The normalized spacial score (nSPS) is 11.3. The average Bonchev–Trinajstić information content (AvgIpc) is 2.88. The van der Waals surface area contributed by atoms with Gasteiger partial charge in [0.2, 0.25) is 0 Å². The van der Waals surface area contributed by atoms with E-state index in [1.165, 1.54) is 0 Å². The van der Waals surface area contributed by atoms with Gasteiger partial charge in [-0.15, -0.1) is 0 Å². The summed E-state index contributed by atoms with van der Waals surface area (Å²) in [6, 6.07) is 5.82. The smallest absolute Gasteiger partial charge is 0.407 e. The van der Waals surface area contributed by atoms with Crippen molar-refractivity contribution in [2.75, 3.05) is 12.3 Å². The van der Waals surface area contributed by atoms with Crippen LogP contribution in [0.25, 0.3) is 11.1 Å². The van der Waals surface area contributed by atoms with E-state index in [9.17, 15) is 4.79 Å². The summed E-state index contributed by atoms with van der Waals surface area (Å²) in [6.45, 7) is 8.56. The summed E-state index contributed by atoms with van der Waals surface area (Å²) in [5, 5.41) is 7.03. The molecule has 6 heteroatoms. The first kappa shape index (κ1) is 16.9. The van der Waals surface area contributed by atoms with Crippen LogP contribution in [0, 0.1) is 6.92 Å². The molecule has 3 N–H and O–H groups in total. The SMILES string of the molecule is Cc1ccc(N)cc1-c1cnn(CCNC(=O)OC(C)(C)C)c1. The zero-order chi connectivity index (χ0) is 17.0. The highest BCUT2D eigenvalue weighted by Gasteiger charge is 2.15. The molecule has 6 nitrogen and oxygen atoms in total. The molecule has 1 aromatic heterocycles. The fourth-order valence-corrected chi connectivity index (χ4v) is 2.16. The van der Waals surface area contributed by atoms with Crippen LogP contribution in [-0.2, 0) is 11.3 Å². The zero-order valence-electron chi connectivity index (χ0n) is 14.1. The van der Waals surface area contributed by atoms with Gasteiger partial charge in [-0.2, -0.15) is 5.10 Å². The molecule has 0 atom stereocenters. The molecule has 0 bridgehead atoms. The number of carbonyl (C=O) groups excluding carboxylic acids is 1. The predicted molar refractivity (Wildman–Crippen MR) is 91.0 cm³/mol. The van der Waals surface area contributed by atoms with E-state index in [0.29, 0.717) is 13.1 Å². The van der Waals surface area contributed by atoms with Crippen molar-refractivity contribution in [1.82, 2.24) is 15.1 Å². The Morgan fingerprint density at radius 3 is 2.83 bits per heavy atom. The molecule has 0 aliphatic rings. The second kappa shape index (κ2) is 6.73. The van der Waals surface area contributed by atoms with Crippen molar-refractivity contribution in [3.05, 3.63) is 36.2 Å². The number of amides is 1. The minimum atomic E-state index is -0.492. The fourth-order valence-electron chi connectivity index (χ4n) is 2.16. The topological polar surface area (TPSA) is 82.2 Å². The number of nitrogens with one attached hydrogen (secondary N) is 1. The Balaban J connectivity index is 1.93. The Morgan fingerprint density at radius 2 is 2.13 bits per heavy atom. The van der Waals surface area contributed by atoms with Gasteiger partial charge in [0.1, 0.15) is 5.60 Å². The van der Waals surface area contributed by atoms with E-state index in [1.807, 2.05) is 52.1 Å². The summed E-state index contributed by atoms with van der Waals surface area (Å²) in [6.07, 6.45) is 3.32. The molecule has 1 aromatic carbocycles. The molecule has 0 aliphatic carbocycles. The molecule has 0 radical (unpaired) electrons. The van der Waals surface area contributed by atoms with Gasteiger partial charge in [-0.3, -0.25) is 4.68 Å². The summed E-state index contributed by atoms with van der Waals surface area (Å²) in [5.74, 6) is 0. The zero-order valence-corrected chi connectivity index (χ0v) is 14.1. The van der Waals surface area contributed by atoms with Crippen LogP contribution in [0.5, 0.6) is 0 Å². The van der Waals surface area contributed by atoms with E-state index in [1.54, 1.807) is 10.9 Å². The van der Waals surface area contributed by atoms with Crippen molar-refractivity contribution < 1.29 is 9.53 Å². The molecule has 124 valence electrons. The van der Waals surface area contributed by atoms with Crippen molar-refractivity contribution in [3.8, 4) is 11.1 Å². The van der Waals surface area contributed by atoms with Crippen LogP contribution in [0.2, 0.25) is 0 Å². The van der Waals surface area contributed by atoms with Crippen LogP contribution < -0.4 is 11.1 Å². The largest absolute Gasteiger partial charge is 0.444 e. The maximum atomic E-state index is 11.6. The van der Waals surface area contributed by atoms with E-state index in [4.69, 9.17) is 10.5 Å². The number of carbonyl (C=O) groups is 1. The van der Waals surface area contributed by atoms with Crippen molar-refractivity contribution >= 4 is 11.8 Å². The van der Waals surface area contributed by atoms with Gasteiger partial charge in [-0.05, 0) is 51.0 Å². The molecule has 0 spiro atoms. The molecule has 0 unspecified atom stereocenters. The average molecular weight is 316 g/mol. The van der Waals surface area contributed by atoms with Gasteiger partial charge in [0, 0.05) is 24.0 Å². The van der Waals surface area contributed by atoms with E-state index in [-0.39, 0.29) is 0 Å². The Morgan fingerprint density at radius 1 is 1.39 bits per heavy atom. The van der Waals surface area contributed by atoms with Crippen LogP contribution in [0.4, 0.5) is 10.5 Å². The lowest BCUT2D eigenvalue weighted by Gasteiger charge is -2.19. The molecule has 1 amide bonds. The maximum Gasteiger partial charge on any atom is 0.407 e. The number of hydrogen-bond acceptors (Lipinski definition) is 4. The number of ether oxygens (including phenoxy) is 1. The molecule has 2 aromatic rings. The van der Waals surface area contributed by atoms with E-state index >= 15 is 0 Å². The van der Waals surface area contributed by atoms with Crippen molar-refractivity contribution in [2.24, 2.45) is 0 Å². The van der Waals surface area contributed by atoms with Crippen LogP contribution in [0.3, 0.4) is 0 Å². The fraction of sp³-hybridized carbons (Fsp3) is 0.412. The molecule has 2 rings (SSSR count). The van der Waals surface area contributed by atoms with Gasteiger partial charge in [0.15, 0.2) is 0 Å². The van der Waals surface area contributed by atoms with Gasteiger partial charge in [-0.25, -0.2) is 4.79 Å². The molecular formula is C17H24N4O2. The minimum Gasteiger partial charge on any atom is -0.444 e. The number of aromatic nitrogens is 2. The maximum absolute atomic E-state index is 11.6. The first-order chi connectivity index (χ1) is 10.7. The molecule has 1 heterocycles. The highest BCUT2D eigenvalue weighted by Crippen LogP contribution is 2.24. The van der Waals surface area contributed by atoms with Crippen LogP contribution in [-0.4, -0.2) is 28.0 Å². The van der Waals surface area contributed by atoms with Gasteiger partial charge in [0.05, 0.1) is 12.7 Å². The van der Waals surface area contributed by atoms with Gasteiger partial charge in [0.25, 0.3) is 0 Å². The molecule has 0 fully saturated rings. The monoisotopic (exact) mass is 316 g/mol. The van der Waals surface area contributed by atoms with Crippen LogP contribution in [0.15, 0.2) is 30.6 Å². The number of rotatable bonds is 4. The molecule has 0 saturated heterocycles. The highest BCUT2D eigenvalue weighted by molar-refractivity contribution is 5.69. The number of nitrogens with zero attached hydrogens (tertiary/aromatic N) is 2. The standard InChI is InChI=1S/C17H24N4O2/c1-12-5-6-14(18)9-15(12)13-10-20-21(11-13)8-7-19-16(22)23-17(2,3)4/h5-6,9-11H,7-8,18H2,1-4H3,(H,19,22). The third kappa shape index (κ3) is 5.02. The first-order valence-electron chi connectivity index (χ1n) is 7.60. The molecule has 0 aliphatic heterocycles. The number of benzene rings is 1. The second-order valence-electron chi connectivity index (χ2n) is 6.50. The highest BCUT2D eigenvalue weighted by atomic mass is 16.6. The van der Waals surface area contributed by atoms with Gasteiger partial charge < -0.3 is 15.8 Å². The first-order valence-corrected chi connectivity index (χ1v) is 7.60. The van der Waals surface area contributed by atoms with Gasteiger partial charge >= 0.3 is 6.09 Å². The lowest BCUT2D eigenvalue weighted by atomic mass is 10.0. The summed E-state index contributed by atoms with van der Waals surface area (Å²) in [7, 11) is 0. The molecule has 0 saturated carbocycles. The van der Waals surface area contributed by atoms with E-state index in [0.717, 1.165) is 22.4 Å². The number of hydrogen-bond donors (Lipinski definition) is 2. The lowest BCUT2D eigenvalue weighted by molar-refractivity contribution is 0.0525. The summed E-state index contributed by atoms with van der Waals surface area (Å²) in [4.78, 5) is 11.6. The molecular weight excluding hydrogens is 292 g/mol. The van der Waals surface area contributed by atoms with Crippen molar-refractivity contribution in [3.63, 3.8) is 0 Å². The Kier molecular flexibility index (Phi) is 4.93. The third-order valence-electron chi connectivity index (χ3n) is 3.22. The van der Waals surface area contributed by atoms with E-state index in [2.05, 4.69) is 10.4 Å². The number of aryl methyl sites for hydroxylation is 1. The number of nitrogen functional groups attached to an aromatic ring is 1. The lowest BCUT2D eigenvalue weighted by Crippen LogP contribution is -2.34. The Bertz CT molecular complexity index is 686. The summed E-state index contributed by atoms with van der Waals surface area (Å²) >= 11 is 0. The predicted octanol–water partition coefficient (Wildman–Crippen LogP) is 2.97. The van der Waals surface area contributed by atoms with Gasteiger partial charge in [-0.1, -0.05) is 6.07 Å². The third-order valence-corrected chi connectivity index (χ3v) is 3.22. The van der Waals surface area contributed by atoms with E-state index < -0.39 is 11.7 Å².